The second-order valence-corrected chi connectivity index (χ2v) is 6.16. The van der Waals surface area contributed by atoms with Crippen LogP contribution in [0.2, 0.25) is 0 Å². The van der Waals surface area contributed by atoms with Gasteiger partial charge in [-0.2, -0.15) is 0 Å². The summed E-state index contributed by atoms with van der Waals surface area (Å²) in [6.07, 6.45) is 5.29. The van der Waals surface area contributed by atoms with Crippen molar-refractivity contribution in [2.24, 2.45) is 5.73 Å². The molecule has 1 aliphatic rings. The molecule has 0 aromatic carbocycles. The molecule has 22 heavy (non-hydrogen) atoms. The molecule has 0 unspecified atom stereocenters. The monoisotopic (exact) mass is 318 g/mol. The Bertz CT molecular complexity index is 673. The number of anilines is 2. The number of primary amides is 1. The van der Waals surface area contributed by atoms with E-state index in [0.717, 1.165) is 35.9 Å². The van der Waals surface area contributed by atoms with Gasteiger partial charge in [0.25, 0.3) is 0 Å². The molecule has 116 valence electrons. The number of hydrogen-bond acceptors (Lipinski definition) is 7. The van der Waals surface area contributed by atoms with E-state index in [4.69, 9.17) is 5.73 Å². The third kappa shape index (κ3) is 3.23. The van der Waals surface area contributed by atoms with Crippen LogP contribution in [0.5, 0.6) is 0 Å². The number of amides is 1. The molecule has 8 heteroatoms. The van der Waals surface area contributed by atoms with Crippen molar-refractivity contribution in [3.63, 3.8) is 0 Å². The summed E-state index contributed by atoms with van der Waals surface area (Å²) >= 11 is 1.53. The van der Waals surface area contributed by atoms with Gasteiger partial charge in [0, 0.05) is 17.8 Å². The predicted octanol–water partition coefficient (Wildman–Crippen LogP) is 1.61. The van der Waals surface area contributed by atoms with Crippen LogP contribution in [0, 0.1) is 6.92 Å². The number of hydrogen-bond donors (Lipinski definition) is 2. The first-order chi connectivity index (χ1) is 10.6. The number of rotatable bonds is 5. The van der Waals surface area contributed by atoms with Gasteiger partial charge in [-0.3, -0.25) is 14.7 Å². The van der Waals surface area contributed by atoms with E-state index in [1.165, 1.54) is 11.3 Å². The predicted molar refractivity (Wildman–Crippen MR) is 84.9 cm³/mol. The molecule has 2 aromatic heterocycles. The van der Waals surface area contributed by atoms with Crippen molar-refractivity contribution in [1.82, 2.24) is 19.9 Å². The average Bonchev–Trinajstić information content (AvgIpc) is 3.08. The van der Waals surface area contributed by atoms with E-state index in [-0.39, 0.29) is 18.5 Å². The molecule has 0 radical (unpaired) electrons. The summed E-state index contributed by atoms with van der Waals surface area (Å²) in [6, 6.07) is 0.0600. The Morgan fingerprint density at radius 1 is 1.50 bits per heavy atom. The van der Waals surface area contributed by atoms with E-state index in [9.17, 15) is 4.79 Å². The van der Waals surface area contributed by atoms with Crippen LogP contribution in [-0.4, -0.2) is 38.8 Å². The summed E-state index contributed by atoms with van der Waals surface area (Å²) < 4.78 is 0. The first-order valence-electron chi connectivity index (χ1n) is 7.16. The Hall–Kier alpha value is -2.06. The molecule has 0 aliphatic carbocycles. The molecule has 0 bridgehead atoms. The minimum Gasteiger partial charge on any atom is -0.369 e. The van der Waals surface area contributed by atoms with Gasteiger partial charge in [0.1, 0.15) is 5.69 Å². The van der Waals surface area contributed by atoms with E-state index in [1.54, 1.807) is 12.4 Å². The van der Waals surface area contributed by atoms with Crippen molar-refractivity contribution in [2.45, 2.75) is 25.8 Å². The van der Waals surface area contributed by atoms with Gasteiger partial charge < -0.3 is 11.1 Å². The number of nitrogens with two attached hydrogens (primary N) is 1. The number of thiazole rings is 1. The van der Waals surface area contributed by atoms with Crippen molar-refractivity contribution < 1.29 is 4.79 Å². The molecule has 1 fully saturated rings. The Kier molecular flexibility index (Phi) is 4.30. The van der Waals surface area contributed by atoms with Gasteiger partial charge in [-0.25, -0.2) is 9.97 Å². The highest BCUT2D eigenvalue weighted by molar-refractivity contribution is 7.13. The second kappa shape index (κ2) is 6.37. The maximum Gasteiger partial charge on any atom is 0.231 e. The quantitative estimate of drug-likeness (QED) is 0.869. The summed E-state index contributed by atoms with van der Waals surface area (Å²) in [7, 11) is 0. The molecule has 3 rings (SSSR count). The summed E-state index contributed by atoms with van der Waals surface area (Å²) in [5.74, 6) is 0.374. The molecule has 1 amide bonds. The fourth-order valence-electron chi connectivity index (χ4n) is 2.73. The minimum absolute atomic E-state index is 0.0600. The fourth-order valence-corrected chi connectivity index (χ4v) is 3.41. The number of aromatic nitrogens is 3. The van der Waals surface area contributed by atoms with Crippen LogP contribution in [-0.2, 0) is 4.79 Å². The number of aryl methyl sites for hydroxylation is 1. The number of carbonyl (C=O) groups is 1. The standard InChI is InChI=1S/C14H18N6OS/c1-9-8-22-14(18-9)19-13-12(16-4-5-17-13)10-3-2-6-20(10)7-11(15)21/h4-5,8,10H,2-3,6-7H2,1H3,(H2,15,21)(H,17,18,19)/t10-/m0/s1. The van der Waals surface area contributed by atoms with Crippen LogP contribution in [0.4, 0.5) is 10.9 Å². The van der Waals surface area contributed by atoms with Crippen molar-refractivity contribution in [3.8, 4) is 0 Å². The minimum atomic E-state index is -0.319. The number of likely N-dealkylation sites (tertiary alicyclic amines) is 1. The van der Waals surface area contributed by atoms with Crippen LogP contribution in [0.1, 0.15) is 30.3 Å². The average molecular weight is 318 g/mol. The van der Waals surface area contributed by atoms with Gasteiger partial charge in [-0.1, -0.05) is 0 Å². The zero-order chi connectivity index (χ0) is 15.5. The molecule has 3 heterocycles. The summed E-state index contributed by atoms with van der Waals surface area (Å²) in [5, 5.41) is 6.01. The van der Waals surface area contributed by atoms with Crippen molar-refractivity contribution in [3.05, 3.63) is 29.2 Å². The zero-order valence-corrected chi connectivity index (χ0v) is 13.1. The highest BCUT2D eigenvalue weighted by atomic mass is 32.1. The maximum atomic E-state index is 11.2. The van der Waals surface area contributed by atoms with Crippen molar-refractivity contribution in [2.75, 3.05) is 18.4 Å². The van der Waals surface area contributed by atoms with Crippen LogP contribution >= 0.6 is 11.3 Å². The molecule has 3 N–H and O–H groups in total. The van der Waals surface area contributed by atoms with Crippen LogP contribution in [0.25, 0.3) is 0 Å². The van der Waals surface area contributed by atoms with E-state index in [2.05, 4.69) is 25.2 Å². The topological polar surface area (TPSA) is 97.0 Å². The van der Waals surface area contributed by atoms with Gasteiger partial charge >= 0.3 is 0 Å². The molecule has 0 spiro atoms. The molecule has 7 nitrogen and oxygen atoms in total. The molecular formula is C14H18N6OS. The molecule has 1 atom stereocenters. The molecule has 1 saturated heterocycles. The van der Waals surface area contributed by atoms with Crippen molar-refractivity contribution in [1.29, 1.82) is 0 Å². The van der Waals surface area contributed by atoms with Crippen LogP contribution in [0.3, 0.4) is 0 Å². The highest BCUT2D eigenvalue weighted by Gasteiger charge is 2.30. The maximum absolute atomic E-state index is 11.2. The Balaban J connectivity index is 1.85. The van der Waals surface area contributed by atoms with Crippen LogP contribution < -0.4 is 11.1 Å². The van der Waals surface area contributed by atoms with E-state index >= 15 is 0 Å². The largest absolute Gasteiger partial charge is 0.369 e. The lowest BCUT2D eigenvalue weighted by Gasteiger charge is -2.23. The van der Waals surface area contributed by atoms with Gasteiger partial charge in [-0.15, -0.1) is 11.3 Å². The van der Waals surface area contributed by atoms with E-state index in [0.29, 0.717) is 5.82 Å². The molecule has 1 aliphatic heterocycles. The van der Waals surface area contributed by atoms with Gasteiger partial charge in [0.05, 0.1) is 18.3 Å². The number of nitrogens with zero attached hydrogens (tertiary/aromatic N) is 4. The van der Waals surface area contributed by atoms with E-state index < -0.39 is 0 Å². The van der Waals surface area contributed by atoms with Gasteiger partial charge in [0.2, 0.25) is 5.91 Å². The van der Waals surface area contributed by atoms with Gasteiger partial charge in [-0.05, 0) is 26.3 Å². The normalized spacial score (nSPS) is 18.5. The number of carbonyl (C=O) groups excluding carboxylic acids is 1. The Labute approximate surface area is 132 Å². The third-order valence-corrected chi connectivity index (χ3v) is 4.48. The lowest BCUT2D eigenvalue weighted by atomic mass is 10.1. The molecule has 2 aromatic rings. The summed E-state index contributed by atoms with van der Waals surface area (Å²) in [4.78, 5) is 26.6. The first-order valence-corrected chi connectivity index (χ1v) is 8.04. The molecule has 0 saturated carbocycles. The smallest absolute Gasteiger partial charge is 0.231 e. The fraction of sp³-hybridized carbons (Fsp3) is 0.429. The molecular weight excluding hydrogens is 300 g/mol. The Morgan fingerprint density at radius 3 is 3.05 bits per heavy atom. The number of nitrogens with one attached hydrogen (secondary N) is 1. The zero-order valence-electron chi connectivity index (χ0n) is 12.3. The lowest BCUT2D eigenvalue weighted by molar-refractivity contribution is -0.119. The first kappa shape index (κ1) is 14.9. The lowest BCUT2D eigenvalue weighted by Crippen LogP contribution is -2.34. The van der Waals surface area contributed by atoms with Gasteiger partial charge in [0.15, 0.2) is 10.9 Å². The second-order valence-electron chi connectivity index (χ2n) is 5.30. The van der Waals surface area contributed by atoms with Crippen LogP contribution in [0.15, 0.2) is 17.8 Å². The van der Waals surface area contributed by atoms with Crippen molar-refractivity contribution >= 4 is 28.2 Å². The third-order valence-electron chi connectivity index (χ3n) is 3.61. The summed E-state index contributed by atoms with van der Waals surface area (Å²) in [5.41, 5.74) is 7.14. The SMILES string of the molecule is Cc1csc(Nc2nccnc2[C@@H]2CCCN2CC(N)=O)n1. The summed E-state index contributed by atoms with van der Waals surface area (Å²) in [6.45, 7) is 3.04. The Morgan fingerprint density at radius 2 is 2.32 bits per heavy atom. The highest BCUT2D eigenvalue weighted by Crippen LogP contribution is 2.34. The van der Waals surface area contributed by atoms with E-state index in [1.807, 2.05) is 12.3 Å².